The second kappa shape index (κ2) is 9.98. The van der Waals surface area contributed by atoms with Crippen molar-refractivity contribution in [3.63, 3.8) is 0 Å². The van der Waals surface area contributed by atoms with E-state index in [1.165, 1.54) is 79.0 Å². The first-order valence-electron chi connectivity index (χ1n) is 16.2. The van der Waals surface area contributed by atoms with Crippen molar-refractivity contribution in [3.05, 3.63) is 146 Å². The number of rotatable bonds is 2. The van der Waals surface area contributed by atoms with Crippen LogP contribution >= 0.6 is 23.1 Å². The molecule has 3 heterocycles. The molecule has 0 unspecified atom stereocenters. The Hall–Kier alpha value is -5.55. The van der Waals surface area contributed by atoms with Gasteiger partial charge >= 0.3 is 0 Å². The van der Waals surface area contributed by atoms with Crippen LogP contribution in [0.5, 0.6) is 0 Å². The second-order valence-electron chi connectivity index (χ2n) is 12.5. The van der Waals surface area contributed by atoms with E-state index in [0.29, 0.717) is 0 Å². The van der Waals surface area contributed by atoms with E-state index in [-0.39, 0.29) is 0 Å². The van der Waals surface area contributed by atoms with Crippen molar-refractivity contribution in [1.29, 1.82) is 0 Å². The zero-order valence-electron chi connectivity index (χ0n) is 25.6. The van der Waals surface area contributed by atoms with Gasteiger partial charge in [0.2, 0.25) is 0 Å². The quantitative estimate of drug-likeness (QED) is 0.175. The SMILES string of the molecule is c1ccc2c(c1)Sc1c(-c3ccc4c5ccccc5c5ccccc5c4c3)ccc3nc(-c4ccc5sc6ccccc6c5c4)nc-2c13. The van der Waals surface area contributed by atoms with Gasteiger partial charge in [0, 0.05) is 46.5 Å². The molecule has 8 aromatic carbocycles. The maximum absolute atomic E-state index is 5.35. The number of thiophene rings is 1. The van der Waals surface area contributed by atoms with Crippen LogP contribution in [0, 0.1) is 0 Å². The second-order valence-corrected chi connectivity index (χ2v) is 14.6. The minimum absolute atomic E-state index is 0.763. The molecule has 4 heteroatoms. The van der Waals surface area contributed by atoms with E-state index < -0.39 is 0 Å². The van der Waals surface area contributed by atoms with Crippen LogP contribution in [-0.4, -0.2) is 9.97 Å². The first-order chi connectivity index (χ1) is 23.8. The molecule has 0 N–H and O–H groups in total. The smallest absolute Gasteiger partial charge is 0.160 e. The van der Waals surface area contributed by atoms with Gasteiger partial charge in [-0.3, -0.25) is 0 Å². The number of hydrogen-bond acceptors (Lipinski definition) is 4. The molecule has 1 aliphatic heterocycles. The van der Waals surface area contributed by atoms with Crippen molar-refractivity contribution in [2.75, 3.05) is 0 Å². The largest absolute Gasteiger partial charge is 0.228 e. The minimum atomic E-state index is 0.763. The number of fused-ring (bicyclic) bond motifs is 11. The highest BCUT2D eigenvalue weighted by Gasteiger charge is 2.25. The summed E-state index contributed by atoms with van der Waals surface area (Å²) in [7, 11) is 0. The molecule has 0 saturated heterocycles. The first-order valence-corrected chi connectivity index (χ1v) is 17.8. The normalized spacial score (nSPS) is 12.5. The van der Waals surface area contributed by atoms with Gasteiger partial charge in [-0.05, 0) is 85.9 Å². The molecular weight excluding hydrogens is 621 g/mol. The van der Waals surface area contributed by atoms with Crippen LogP contribution in [0.4, 0.5) is 0 Å². The van der Waals surface area contributed by atoms with Crippen molar-refractivity contribution in [1.82, 2.24) is 9.97 Å². The molecule has 48 heavy (non-hydrogen) atoms. The summed E-state index contributed by atoms with van der Waals surface area (Å²) in [6, 6.07) is 53.0. The predicted octanol–water partition coefficient (Wildman–Crippen LogP) is 12.9. The van der Waals surface area contributed by atoms with Crippen LogP contribution < -0.4 is 0 Å². The Balaban J connectivity index is 1.16. The van der Waals surface area contributed by atoms with Gasteiger partial charge in [-0.2, -0.15) is 0 Å². The highest BCUT2D eigenvalue weighted by atomic mass is 32.2. The molecule has 0 radical (unpaired) electrons. The summed E-state index contributed by atoms with van der Waals surface area (Å²) in [4.78, 5) is 13.0. The molecule has 0 spiro atoms. The third-order valence-electron chi connectivity index (χ3n) is 9.86. The maximum Gasteiger partial charge on any atom is 0.160 e. The van der Waals surface area contributed by atoms with E-state index in [2.05, 4.69) is 146 Å². The van der Waals surface area contributed by atoms with E-state index in [1.807, 2.05) is 23.1 Å². The van der Waals surface area contributed by atoms with Crippen LogP contribution in [0.25, 0.3) is 97.2 Å². The van der Waals surface area contributed by atoms with Gasteiger partial charge in [0.15, 0.2) is 5.82 Å². The number of benzene rings is 8. The average Bonchev–Trinajstić information content (AvgIpc) is 3.53. The molecule has 2 aromatic heterocycles. The van der Waals surface area contributed by atoms with Gasteiger partial charge in [0.25, 0.3) is 0 Å². The Morgan fingerprint density at radius 2 is 1.04 bits per heavy atom. The fraction of sp³-hybridized carbons (Fsp3) is 0. The summed E-state index contributed by atoms with van der Waals surface area (Å²) >= 11 is 3.67. The Bertz CT molecular complexity index is 2960. The van der Waals surface area contributed by atoms with Crippen LogP contribution in [0.1, 0.15) is 0 Å². The van der Waals surface area contributed by atoms with Crippen LogP contribution in [0.2, 0.25) is 0 Å². The predicted molar refractivity (Wildman–Crippen MR) is 205 cm³/mol. The highest BCUT2D eigenvalue weighted by Crippen LogP contribution is 2.51. The zero-order chi connectivity index (χ0) is 31.3. The molecule has 1 aliphatic rings. The molecule has 222 valence electrons. The zero-order valence-corrected chi connectivity index (χ0v) is 27.2. The summed E-state index contributed by atoms with van der Waals surface area (Å²) < 4.78 is 2.59. The standard InChI is InChI=1S/C44H24N2S2/c1-2-11-30-28(9-1)29-10-3-4-12-31(29)35-23-25(17-19-32(30)35)27-20-21-37-41-42(34-14-6-8-16-39(34)48-43(27)41)46-44(45-37)26-18-22-40-36(24-26)33-13-5-7-15-38(33)47-40/h1-24H. The Morgan fingerprint density at radius 1 is 0.417 bits per heavy atom. The molecule has 0 atom stereocenters. The Morgan fingerprint density at radius 3 is 1.85 bits per heavy atom. The monoisotopic (exact) mass is 644 g/mol. The van der Waals surface area contributed by atoms with E-state index >= 15 is 0 Å². The van der Waals surface area contributed by atoms with Crippen LogP contribution in [-0.2, 0) is 0 Å². The van der Waals surface area contributed by atoms with E-state index in [0.717, 1.165) is 28.0 Å². The Labute approximate surface area is 284 Å². The van der Waals surface area contributed by atoms with Crippen molar-refractivity contribution >= 4 is 86.5 Å². The number of nitrogens with zero attached hydrogens (tertiary/aromatic N) is 2. The van der Waals surface area contributed by atoms with Gasteiger partial charge < -0.3 is 0 Å². The lowest BCUT2D eigenvalue weighted by Crippen LogP contribution is -2.01. The van der Waals surface area contributed by atoms with Crippen LogP contribution in [0.3, 0.4) is 0 Å². The van der Waals surface area contributed by atoms with E-state index in [9.17, 15) is 0 Å². The van der Waals surface area contributed by atoms with Gasteiger partial charge in [0.05, 0.1) is 11.2 Å². The molecule has 0 fully saturated rings. The fourth-order valence-electron chi connectivity index (χ4n) is 7.65. The molecule has 0 bridgehead atoms. The first kappa shape index (κ1) is 26.5. The van der Waals surface area contributed by atoms with Gasteiger partial charge in [-0.15, -0.1) is 11.3 Å². The maximum atomic E-state index is 5.35. The topological polar surface area (TPSA) is 25.8 Å². The summed E-state index contributed by atoms with van der Waals surface area (Å²) in [6.45, 7) is 0. The van der Waals surface area contributed by atoms with Crippen molar-refractivity contribution in [2.24, 2.45) is 0 Å². The lowest BCUT2D eigenvalue weighted by molar-refractivity contribution is 1.20. The van der Waals surface area contributed by atoms with Crippen molar-refractivity contribution < 1.29 is 0 Å². The van der Waals surface area contributed by atoms with E-state index in [1.54, 1.807) is 0 Å². The van der Waals surface area contributed by atoms with Gasteiger partial charge in [0.1, 0.15) is 0 Å². The van der Waals surface area contributed by atoms with Gasteiger partial charge in [-0.1, -0.05) is 115 Å². The number of hydrogen-bond donors (Lipinski definition) is 0. The van der Waals surface area contributed by atoms with E-state index in [4.69, 9.17) is 9.97 Å². The number of aromatic nitrogens is 2. The Kier molecular flexibility index (Phi) is 5.51. The van der Waals surface area contributed by atoms with Gasteiger partial charge in [-0.25, -0.2) is 9.97 Å². The molecule has 11 rings (SSSR count). The average molecular weight is 645 g/mol. The minimum Gasteiger partial charge on any atom is -0.228 e. The third-order valence-corrected chi connectivity index (χ3v) is 12.2. The summed E-state index contributed by atoms with van der Waals surface area (Å²) in [5.74, 6) is 0.763. The summed E-state index contributed by atoms with van der Waals surface area (Å²) in [6.07, 6.45) is 0. The molecule has 10 aromatic rings. The molecular formula is C44H24N2S2. The molecule has 0 amide bonds. The lowest BCUT2D eigenvalue weighted by atomic mass is 9.91. The van der Waals surface area contributed by atoms with Crippen molar-refractivity contribution in [2.45, 2.75) is 9.79 Å². The fourth-order valence-corrected chi connectivity index (χ4v) is 9.98. The molecule has 0 saturated carbocycles. The lowest BCUT2D eigenvalue weighted by Gasteiger charge is -2.22. The van der Waals surface area contributed by atoms with Crippen LogP contribution in [0.15, 0.2) is 155 Å². The molecule has 0 aliphatic carbocycles. The summed E-state index contributed by atoms with van der Waals surface area (Å²) in [5, 5.41) is 11.4. The van der Waals surface area contributed by atoms with Crippen molar-refractivity contribution in [3.8, 4) is 33.8 Å². The molecule has 2 nitrogen and oxygen atoms in total. The third kappa shape index (κ3) is 3.76. The highest BCUT2D eigenvalue weighted by molar-refractivity contribution is 8.00. The summed E-state index contributed by atoms with van der Waals surface area (Å²) in [5.41, 5.74) is 6.61.